The summed E-state index contributed by atoms with van der Waals surface area (Å²) in [7, 11) is -1.57. The van der Waals surface area contributed by atoms with Crippen molar-refractivity contribution in [1.29, 1.82) is 0 Å². The third kappa shape index (κ3) is 2.16. The van der Waals surface area contributed by atoms with Crippen molar-refractivity contribution in [1.82, 2.24) is 0 Å². The first-order chi connectivity index (χ1) is 8.92. The SMILES string of the molecule is c1ccc([Si]2(c3ccccc3)CCO[SiH2][SiH2]2)cc1. The van der Waals surface area contributed by atoms with Crippen LogP contribution < -0.4 is 10.4 Å². The average molecular weight is 287 g/mol. The van der Waals surface area contributed by atoms with Gasteiger partial charge in [0.25, 0.3) is 0 Å². The number of benzene rings is 2. The minimum Gasteiger partial charge on any atom is -0.428 e. The van der Waals surface area contributed by atoms with Gasteiger partial charge in [-0.1, -0.05) is 71.0 Å². The van der Waals surface area contributed by atoms with Crippen molar-refractivity contribution in [2.24, 2.45) is 0 Å². The molecule has 0 amide bonds. The predicted octanol–water partition coefficient (Wildman–Crippen LogP) is -0.0559. The van der Waals surface area contributed by atoms with E-state index in [2.05, 4.69) is 60.7 Å². The second-order valence-electron chi connectivity index (χ2n) is 4.93. The van der Waals surface area contributed by atoms with E-state index in [0.29, 0.717) is 0 Å². The van der Waals surface area contributed by atoms with E-state index in [1.165, 1.54) is 6.04 Å². The summed E-state index contributed by atoms with van der Waals surface area (Å²) < 4.78 is 5.80. The molecule has 0 radical (unpaired) electrons. The fourth-order valence-corrected chi connectivity index (χ4v) is 26.3. The van der Waals surface area contributed by atoms with Crippen LogP contribution in [0, 0.1) is 0 Å². The standard InChI is InChI=1S/C14H18OSi3/c1-3-7-13(8-4-1)18(12-11-15-16-17-18)14-9-5-2-6-10-14/h1-10H,11-12,16-17H2. The van der Waals surface area contributed by atoms with Crippen molar-refractivity contribution in [3.63, 3.8) is 0 Å². The van der Waals surface area contributed by atoms with Gasteiger partial charge in [0, 0.05) is 15.2 Å². The molecule has 2 aromatic carbocycles. The zero-order valence-corrected chi connectivity index (χ0v) is 14.3. The summed E-state index contributed by atoms with van der Waals surface area (Å²) in [5, 5.41) is 3.30. The Balaban J connectivity index is 2.10. The van der Waals surface area contributed by atoms with Crippen LogP contribution in [0.25, 0.3) is 0 Å². The molecule has 1 heterocycles. The zero-order chi connectivity index (χ0) is 12.3. The van der Waals surface area contributed by atoms with Gasteiger partial charge >= 0.3 is 0 Å². The Morgan fingerprint density at radius 3 is 1.83 bits per heavy atom. The third-order valence-electron chi connectivity index (χ3n) is 4.00. The molecule has 1 aliphatic rings. The lowest BCUT2D eigenvalue weighted by molar-refractivity contribution is 0.366. The number of rotatable bonds is 2. The van der Waals surface area contributed by atoms with Gasteiger partial charge in [-0.2, -0.15) is 0 Å². The summed E-state index contributed by atoms with van der Waals surface area (Å²) in [6.45, 7) is 1.01. The predicted molar refractivity (Wildman–Crippen MR) is 85.8 cm³/mol. The molecule has 1 nitrogen and oxygen atoms in total. The van der Waals surface area contributed by atoms with Gasteiger partial charge in [-0.3, -0.25) is 0 Å². The summed E-state index contributed by atoms with van der Waals surface area (Å²) in [6, 6.07) is 23.9. The van der Waals surface area contributed by atoms with Crippen LogP contribution in [0.4, 0.5) is 0 Å². The normalized spacial score (nSPS) is 21.1. The molecule has 1 fully saturated rings. The average Bonchev–Trinajstić information content (AvgIpc) is 2.50. The maximum absolute atomic E-state index is 5.80. The highest BCUT2D eigenvalue weighted by molar-refractivity contribution is 7.51. The highest BCUT2D eigenvalue weighted by Crippen LogP contribution is 2.13. The molecule has 0 unspecified atom stereocenters. The molecule has 1 aliphatic heterocycles. The van der Waals surface area contributed by atoms with Gasteiger partial charge in [0.15, 0.2) is 0 Å². The van der Waals surface area contributed by atoms with E-state index in [1.807, 2.05) is 0 Å². The molecular weight excluding hydrogens is 268 g/mol. The summed E-state index contributed by atoms with van der Waals surface area (Å²) in [6.07, 6.45) is 0. The first kappa shape index (κ1) is 12.1. The van der Waals surface area contributed by atoms with Crippen LogP contribution in [0.15, 0.2) is 60.7 Å². The molecule has 1 saturated heterocycles. The smallest absolute Gasteiger partial charge is 0.141 e. The molecule has 92 valence electrons. The molecule has 3 rings (SSSR count). The quantitative estimate of drug-likeness (QED) is 0.703. The lowest BCUT2D eigenvalue weighted by atomic mass is 10.4. The van der Waals surface area contributed by atoms with Crippen LogP contribution in [-0.2, 0) is 4.43 Å². The van der Waals surface area contributed by atoms with E-state index < -0.39 is 7.59 Å². The Hall–Kier alpha value is -0.949. The molecule has 4 heteroatoms. The second-order valence-corrected chi connectivity index (χ2v) is 20.9. The number of hydrogen-bond acceptors (Lipinski definition) is 1. The van der Waals surface area contributed by atoms with Crippen LogP contribution in [0.1, 0.15) is 0 Å². The molecule has 2 aromatic rings. The van der Waals surface area contributed by atoms with Gasteiger partial charge in [-0.05, 0) is 6.04 Å². The topological polar surface area (TPSA) is 9.23 Å². The largest absolute Gasteiger partial charge is 0.428 e. The molecule has 0 atom stereocenters. The maximum Gasteiger partial charge on any atom is 0.141 e. The number of hydrogen-bond donors (Lipinski definition) is 0. The summed E-state index contributed by atoms with van der Waals surface area (Å²) in [5.74, 6) is 0. The van der Waals surface area contributed by atoms with Gasteiger partial charge in [0.2, 0.25) is 0 Å². The Bertz CT molecular complexity index is 453. The molecule has 18 heavy (non-hydrogen) atoms. The van der Waals surface area contributed by atoms with E-state index in [4.69, 9.17) is 4.43 Å². The van der Waals surface area contributed by atoms with E-state index in [1.54, 1.807) is 10.4 Å². The Labute approximate surface area is 114 Å². The van der Waals surface area contributed by atoms with Crippen LogP contribution in [-0.4, -0.2) is 32.0 Å². The minimum absolute atomic E-state index is 0.0254. The zero-order valence-electron chi connectivity index (χ0n) is 10.5. The van der Waals surface area contributed by atoms with Gasteiger partial charge in [0.05, 0.1) is 0 Å². The fraction of sp³-hybridized carbons (Fsp3) is 0.143. The van der Waals surface area contributed by atoms with Gasteiger partial charge in [0.1, 0.15) is 16.9 Å². The highest BCUT2D eigenvalue weighted by Gasteiger charge is 2.38. The fourth-order valence-electron chi connectivity index (χ4n) is 2.98. The lowest BCUT2D eigenvalue weighted by Crippen LogP contribution is -2.67. The molecule has 0 N–H and O–H groups in total. The first-order valence-electron chi connectivity index (χ1n) is 6.61. The summed E-state index contributed by atoms with van der Waals surface area (Å²) in [5.41, 5.74) is 0. The molecule has 0 saturated carbocycles. The molecule has 0 spiro atoms. The second kappa shape index (κ2) is 5.36. The summed E-state index contributed by atoms with van der Waals surface area (Å²) >= 11 is 0. The van der Waals surface area contributed by atoms with Crippen molar-refractivity contribution in [3.05, 3.63) is 60.7 Å². The Kier molecular flexibility index (Phi) is 3.60. The molecule has 0 bridgehead atoms. The van der Waals surface area contributed by atoms with Crippen molar-refractivity contribution in [2.45, 2.75) is 6.04 Å². The monoisotopic (exact) mass is 286 g/mol. The van der Waals surface area contributed by atoms with Crippen molar-refractivity contribution in [3.8, 4) is 0 Å². The van der Waals surface area contributed by atoms with Crippen LogP contribution in [0.2, 0.25) is 6.04 Å². The minimum atomic E-state index is -1.36. The van der Waals surface area contributed by atoms with Crippen molar-refractivity contribution in [2.75, 3.05) is 6.61 Å². The molecule has 0 aromatic heterocycles. The van der Waals surface area contributed by atoms with E-state index in [0.717, 1.165) is 6.61 Å². The third-order valence-corrected chi connectivity index (χ3v) is 26.6. The van der Waals surface area contributed by atoms with E-state index in [9.17, 15) is 0 Å². The highest BCUT2D eigenvalue weighted by atomic mass is 29.6. The van der Waals surface area contributed by atoms with Gasteiger partial charge in [-0.15, -0.1) is 0 Å². The van der Waals surface area contributed by atoms with Crippen LogP contribution in [0.5, 0.6) is 0 Å². The summed E-state index contributed by atoms with van der Waals surface area (Å²) in [4.78, 5) is 0. The van der Waals surface area contributed by atoms with E-state index in [-0.39, 0.29) is 17.8 Å². The maximum atomic E-state index is 5.80. The molecule has 0 aliphatic carbocycles. The molecular formula is C14H18OSi3. The van der Waals surface area contributed by atoms with Gasteiger partial charge < -0.3 is 4.43 Å². The first-order valence-corrected chi connectivity index (χ1v) is 15.7. The Morgan fingerprint density at radius 1 is 0.833 bits per heavy atom. The van der Waals surface area contributed by atoms with E-state index >= 15 is 0 Å². The van der Waals surface area contributed by atoms with Gasteiger partial charge in [-0.25, -0.2) is 0 Å². The lowest BCUT2D eigenvalue weighted by Gasteiger charge is -2.36. The Morgan fingerprint density at radius 2 is 1.39 bits per heavy atom. The van der Waals surface area contributed by atoms with Crippen molar-refractivity contribution >= 4 is 35.8 Å². The van der Waals surface area contributed by atoms with Crippen molar-refractivity contribution < 1.29 is 4.43 Å². The van der Waals surface area contributed by atoms with Crippen LogP contribution >= 0.6 is 0 Å². The van der Waals surface area contributed by atoms with Crippen LogP contribution in [0.3, 0.4) is 0 Å².